The van der Waals surface area contributed by atoms with Crippen LogP contribution in [0.1, 0.15) is 32.1 Å². The van der Waals surface area contributed by atoms with E-state index in [0.29, 0.717) is 21.7 Å². The Kier molecular flexibility index (Phi) is 5.96. The number of benzene rings is 1. The Hall–Kier alpha value is -0.790. The monoisotopic (exact) mass is 449 g/mol. The van der Waals surface area contributed by atoms with Gasteiger partial charge in [-0.2, -0.15) is 0 Å². The summed E-state index contributed by atoms with van der Waals surface area (Å²) in [6.07, 6.45) is 4.56. The van der Waals surface area contributed by atoms with Crippen molar-refractivity contribution in [3.05, 3.63) is 27.7 Å². The summed E-state index contributed by atoms with van der Waals surface area (Å²) in [4.78, 5) is 14.6. The maximum Gasteiger partial charge on any atom is 0.261 e. The van der Waals surface area contributed by atoms with E-state index in [1.54, 1.807) is 23.1 Å². The number of halogens is 2. The molecule has 0 N–H and O–H groups in total. The maximum atomic E-state index is 12.8. The van der Waals surface area contributed by atoms with Crippen LogP contribution in [0.5, 0.6) is 5.75 Å². The lowest BCUT2D eigenvalue weighted by molar-refractivity contribution is -0.137. The highest BCUT2D eigenvalue weighted by atomic mass is 79.9. The summed E-state index contributed by atoms with van der Waals surface area (Å²) in [6, 6.07) is 5.02. The molecular formula is C17H21BrClNO4S. The zero-order valence-electron chi connectivity index (χ0n) is 13.8. The average molecular weight is 451 g/mol. The quantitative estimate of drug-likeness (QED) is 0.689. The molecule has 5 nitrogen and oxygen atoms in total. The first-order valence-corrected chi connectivity index (χ1v) is 11.4. The Morgan fingerprint density at radius 1 is 1.24 bits per heavy atom. The van der Waals surface area contributed by atoms with E-state index in [1.807, 2.05) is 0 Å². The van der Waals surface area contributed by atoms with Gasteiger partial charge in [0, 0.05) is 17.1 Å². The molecule has 3 rings (SSSR count). The van der Waals surface area contributed by atoms with E-state index in [0.717, 1.165) is 25.7 Å². The lowest BCUT2D eigenvalue weighted by Gasteiger charge is -2.34. The van der Waals surface area contributed by atoms with Crippen molar-refractivity contribution in [2.24, 2.45) is 0 Å². The Labute approximate surface area is 161 Å². The molecule has 1 saturated carbocycles. The summed E-state index contributed by atoms with van der Waals surface area (Å²) in [6.45, 7) is -0.104. The smallest absolute Gasteiger partial charge is 0.261 e. The van der Waals surface area contributed by atoms with Crippen LogP contribution in [0.15, 0.2) is 22.7 Å². The van der Waals surface area contributed by atoms with Crippen LogP contribution in [0.2, 0.25) is 5.02 Å². The van der Waals surface area contributed by atoms with Crippen molar-refractivity contribution in [2.75, 3.05) is 18.1 Å². The number of sulfone groups is 1. The van der Waals surface area contributed by atoms with Crippen molar-refractivity contribution in [1.82, 2.24) is 4.90 Å². The zero-order valence-corrected chi connectivity index (χ0v) is 16.9. The number of carbonyl (C=O) groups excluding carboxylic acids is 1. The maximum absolute atomic E-state index is 12.8. The molecule has 2 aliphatic rings. The third-order valence-electron chi connectivity index (χ3n) is 4.85. The van der Waals surface area contributed by atoms with Gasteiger partial charge >= 0.3 is 0 Å². The van der Waals surface area contributed by atoms with Crippen molar-refractivity contribution in [3.8, 4) is 5.75 Å². The van der Waals surface area contributed by atoms with Gasteiger partial charge in [-0.15, -0.1) is 0 Å². The Balaban J connectivity index is 1.70. The molecule has 2 fully saturated rings. The van der Waals surface area contributed by atoms with Gasteiger partial charge in [0.15, 0.2) is 16.4 Å². The first-order valence-electron chi connectivity index (χ1n) is 8.45. The number of ether oxygens (including phenoxy) is 1. The number of hydrogen-bond acceptors (Lipinski definition) is 4. The zero-order chi connectivity index (χ0) is 18.0. The van der Waals surface area contributed by atoms with Crippen LogP contribution < -0.4 is 4.74 Å². The first-order chi connectivity index (χ1) is 11.9. The summed E-state index contributed by atoms with van der Waals surface area (Å²) in [5.74, 6) is 0.636. The number of amides is 1. The lowest BCUT2D eigenvalue weighted by atomic mass is 10.1. The average Bonchev–Trinajstić information content (AvgIpc) is 3.17. The highest BCUT2D eigenvalue weighted by Gasteiger charge is 2.39. The van der Waals surface area contributed by atoms with Crippen LogP contribution in [0.4, 0.5) is 0 Å². The summed E-state index contributed by atoms with van der Waals surface area (Å²) in [5.41, 5.74) is 0. The molecule has 1 aromatic rings. The van der Waals surface area contributed by atoms with Crippen molar-refractivity contribution < 1.29 is 17.9 Å². The van der Waals surface area contributed by atoms with Gasteiger partial charge in [-0.3, -0.25) is 4.79 Å². The molecule has 0 bridgehead atoms. The first kappa shape index (κ1) is 19.0. The normalized spacial score (nSPS) is 22.9. The Morgan fingerprint density at radius 2 is 1.96 bits per heavy atom. The van der Waals surface area contributed by atoms with Gasteiger partial charge in [-0.05, 0) is 53.4 Å². The minimum Gasteiger partial charge on any atom is -0.483 e. The minimum absolute atomic E-state index is 0.0693. The molecule has 1 saturated heterocycles. The summed E-state index contributed by atoms with van der Waals surface area (Å²) in [5, 5.41) is 0.578. The molecule has 0 aromatic heterocycles. The van der Waals surface area contributed by atoms with Gasteiger partial charge in [0.25, 0.3) is 5.91 Å². The number of hydrogen-bond donors (Lipinski definition) is 0. The van der Waals surface area contributed by atoms with E-state index in [-0.39, 0.29) is 36.1 Å². The molecule has 0 spiro atoms. The SMILES string of the molecule is O=C(COc1ccc(Cl)cc1Br)N(C1CCCC1)[C@H]1CCS(=O)(=O)C1. The molecule has 1 atom stereocenters. The fourth-order valence-corrected chi connectivity index (χ4v) is 6.20. The van der Waals surface area contributed by atoms with E-state index < -0.39 is 9.84 Å². The van der Waals surface area contributed by atoms with Gasteiger partial charge < -0.3 is 9.64 Å². The third kappa shape index (κ3) is 4.68. The van der Waals surface area contributed by atoms with Crippen LogP contribution in [-0.4, -0.2) is 49.4 Å². The fraction of sp³-hybridized carbons (Fsp3) is 0.588. The van der Waals surface area contributed by atoms with Crippen LogP contribution in [-0.2, 0) is 14.6 Å². The number of carbonyl (C=O) groups is 1. The van der Waals surface area contributed by atoms with Crippen LogP contribution in [0.3, 0.4) is 0 Å². The van der Waals surface area contributed by atoms with Crippen molar-refractivity contribution in [1.29, 1.82) is 0 Å². The third-order valence-corrected chi connectivity index (χ3v) is 7.46. The van der Waals surface area contributed by atoms with E-state index in [2.05, 4.69) is 15.9 Å². The van der Waals surface area contributed by atoms with Gasteiger partial charge in [0.1, 0.15) is 5.75 Å². The topological polar surface area (TPSA) is 63.7 Å². The molecule has 25 heavy (non-hydrogen) atoms. The number of nitrogens with zero attached hydrogens (tertiary/aromatic N) is 1. The van der Waals surface area contributed by atoms with Gasteiger partial charge in [-0.25, -0.2) is 8.42 Å². The van der Waals surface area contributed by atoms with E-state index >= 15 is 0 Å². The van der Waals surface area contributed by atoms with E-state index in [9.17, 15) is 13.2 Å². The van der Waals surface area contributed by atoms with Gasteiger partial charge in [-0.1, -0.05) is 24.4 Å². The second-order valence-electron chi connectivity index (χ2n) is 6.66. The predicted octanol–water partition coefficient (Wildman–Crippen LogP) is 3.44. The second-order valence-corrected chi connectivity index (χ2v) is 10.2. The molecule has 138 valence electrons. The molecule has 0 radical (unpaired) electrons. The van der Waals surface area contributed by atoms with E-state index in [4.69, 9.17) is 16.3 Å². The molecule has 1 amide bonds. The predicted molar refractivity (Wildman–Crippen MR) is 101 cm³/mol. The second kappa shape index (κ2) is 7.84. The van der Waals surface area contributed by atoms with Crippen molar-refractivity contribution in [3.63, 3.8) is 0 Å². The van der Waals surface area contributed by atoms with Crippen LogP contribution in [0.25, 0.3) is 0 Å². The lowest BCUT2D eigenvalue weighted by Crippen LogP contribution is -2.48. The van der Waals surface area contributed by atoms with Gasteiger partial charge in [0.2, 0.25) is 0 Å². The summed E-state index contributed by atoms with van der Waals surface area (Å²) < 4.78 is 30.0. The summed E-state index contributed by atoms with van der Waals surface area (Å²) in [7, 11) is -3.04. The Morgan fingerprint density at radius 3 is 2.56 bits per heavy atom. The molecule has 8 heteroatoms. The minimum atomic E-state index is -3.04. The molecule has 1 aromatic carbocycles. The van der Waals surface area contributed by atoms with E-state index in [1.165, 1.54) is 0 Å². The standard InChI is InChI=1S/C17H21BrClNO4S/c18-15-9-12(19)5-6-16(15)24-10-17(21)20(13-3-1-2-4-13)14-7-8-25(22,23)11-14/h5-6,9,13-14H,1-4,7-8,10-11H2/t14-/m0/s1. The molecule has 0 unspecified atom stereocenters. The van der Waals surface area contributed by atoms with Crippen molar-refractivity contribution >= 4 is 43.3 Å². The summed E-state index contributed by atoms with van der Waals surface area (Å²) >= 11 is 9.28. The van der Waals surface area contributed by atoms with Crippen LogP contribution in [0, 0.1) is 0 Å². The molecular weight excluding hydrogens is 430 g/mol. The highest BCUT2D eigenvalue weighted by molar-refractivity contribution is 9.10. The van der Waals surface area contributed by atoms with Crippen molar-refractivity contribution in [2.45, 2.75) is 44.2 Å². The van der Waals surface area contributed by atoms with Gasteiger partial charge in [0.05, 0.1) is 16.0 Å². The molecule has 1 aliphatic heterocycles. The Bertz CT molecular complexity index is 749. The fourth-order valence-electron chi connectivity index (χ4n) is 3.69. The number of rotatable bonds is 5. The van der Waals surface area contributed by atoms with Crippen LogP contribution >= 0.6 is 27.5 Å². The highest BCUT2D eigenvalue weighted by Crippen LogP contribution is 2.31. The molecule has 1 heterocycles. The largest absolute Gasteiger partial charge is 0.483 e. The molecule has 1 aliphatic carbocycles.